The molecule has 2 fully saturated rings. The predicted molar refractivity (Wildman–Crippen MR) is 55.8 cm³/mol. The number of rotatable bonds is 2. The maximum Gasteiger partial charge on any atom is 0.306 e. The zero-order valence-corrected chi connectivity index (χ0v) is 9.02. The molecule has 1 saturated heterocycles. The first kappa shape index (κ1) is 10.9. The molecular formula is C11H19NO3. The quantitative estimate of drug-likeness (QED) is 0.742. The van der Waals surface area contributed by atoms with Crippen LogP contribution in [0.5, 0.6) is 0 Å². The second kappa shape index (κ2) is 4.94. The van der Waals surface area contributed by atoms with E-state index in [1.54, 1.807) is 0 Å². The van der Waals surface area contributed by atoms with Gasteiger partial charge in [0.1, 0.15) is 0 Å². The molecule has 1 heterocycles. The van der Waals surface area contributed by atoms with Gasteiger partial charge in [-0.1, -0.05) is 0 Å². The van der Waals surface area contributed by atoms with E-state index in [9.17, 15) is 4.79 Å². The van der Waals surface area contributed by atoms with Gasteiger partial charge in [-0.15, -0.1) is 0 Å². The molecule has 0 aromatic rings. The number of morpholine rings is 1. The lowest BCUT2D eigenvalue weighted by atomic mass is 9.85. The Bertz CT molecular complexity index is 218. The minimum absolute atomic E-state index is 0.0951. The Morgan fingerprint density at radius 2 is 1.73 bits per heavy atom. The fourth-order valence-corrected chi connectivity index (χ4v) is 2.63. The summed E-state index contributed by atoms with van der Waals surface area (Å²) in [5.41, 5.74) is 0. The Balaban J connectivity index is 1.79. The average molecular weight is 213 g/mol. The van der Waals surface area contributed by atoms with Gasteiger partial charge in [-0.3, -0.25) is 9.69 Å². The van der Waals surface area contributed by atoms with Crippen molar-refractivity contribution in [3.63, 3.8) is 0 Å². The molecule has 1 aliphatic heterocycles. The maximum atomic E-state index is 10.8. The zero-order valence-electron chi connectivity index (χ0n) is 9.02. The van der Waals surface area contributed by atoms with Crippen LogP contribution in [0.15, 0.2) is 0 Å². The third kappa shape index (κ3) is 2.69. The van der Waals surface area contributed by atoms with E-state index in [2.05, 4.69) is 4.90 Å². The van der Waals surface area contributed by atoms with Gasteiger partial charge < -0.3 is 9.84 Å². The van der Waals surface area contributed by atoms with Gasteiger partial charge in [0.15, 0.2) is 0 Å². The lowest BCUT2D eigenvalue weighted by Crippen LogP contribution is -2.45. The highest BCUT2D eigenvalue weighted by atomic mass is 16.5. The van der Waals surface area contributed by atoms with Gasteiger partial charge >= 0.3 is 5.97 Å². The SMILES string of the molecule is O=C(O)C1CCC(N2CCOCC2)CC1. The van der Waals surface area contributed by atoms with Crippen LogP contribution >= 0.6 is 0 Å². The molecule has 2 aliphatic rings. The number of hydrogen-bond donors (Lipinski definition) is 1. The van der Waals surface area contributed by atoms with E-state index in [0.29, 0.717) is 6.04 Å². The third-order valence-electron chi connectivity index (χ3n) is 3.61. The van der Waals surface area contributed by atoms with Crippen LogP contribution in [0.4, 0.5) is 0 Å². The standard InChI is InChI=1S/C11H19NO3/c13-11(14)9-1-3-10(4-2-9)12-5-7-15-8-6-12/h9-10H,1-8H2,(H,13,14). The molecular weight excluding hydrogens is 194 g/mol. The Morgan fingerprint density at radius 1 is 1.13 bits per heavy atom. The second-order valence-electron chi connectivity index (χ2n) is 4.49. The molecule has 4 nitrogen and oxygen atoms in total. The number of hydrogen-bond acceptors (Lipinski definition) is 3. The monoisotopic (exact) mass is 213 g/mol. The molecule has 0 bridgehead atoms. The van der Waals surface area contributed by atoms with Crippen LogP contribution in [0.25, 0.3) is 0 Å². The molecule has 1 N–H and O–H groups in total. The minimum atomic E-state index is -0.615. The fourth-order valence-electron chi connectivity index (χ4n) is 2.63. The van der Waals surface area contributed by atoms with E-state index >= 15 is 0 Å². The first-order chi connectivity index (χ1) is 7.27. The van der Waals surface area contributed by atoms with E-state index in [0.717, 1.165) is 52.0 Å². The van der Waals surface area contributed by atoms with E-state index in [4.69, 9.17) is 9.84 Å². The van der Waals surface area contributed by atoms with Crippen LogP contribution in [0.3, 0.4) is 0 Å². The number of nitrogens with zero attached hydrogens (tertiary/aromatic N) is 1. The molecule has 2 rings (SSSR count). The largest absolute Gasteiger partial charge is 0.481 e. The summed E-state index contributed by atoms with van der Waals surface area (Å²) in [5, 5.41) is 8.90. The van der Waals surface area contributed by atoms with E-state index in [1.165, 1.54) is 0 Å². The molecule has 1 saturated carbocycles. The van der Waals surface area contributed by atoms with Crippen molar-refractivity contribution in [2.24, 2.45) is 5.92 Å². The van der Waals surface area contributed by atoms with Crippen molar-refractivity contribution in [1.29, 1.82) is 0 Å². The van der Waals surface area contributed by atoms with E-state index < -0.39 is 5.97 Å². The van der Waals surface area contributed by atoms with Crippen molar-refractivity contribution in [1.82, 2.24) is 4.90 Å². The van der Waals surface area contributed by atoms with Gasteiger partial charge in [0.2, 0.25) is 0 Å². The van der Waals surface area contributed by atoms with Gasteiger partial charge in [-0.25, -0.2) is 0 Å². The Kier molecular flexibility index (Phi) is 3.59. The first-order valence-electron chi connectivity index (χ1n) is 5.82. The molecule has 0 spiro atoms. The van der Waals surface area contributed by atoms with Gasteiger partial charge in [-0.05, 0) is 25.7 Å². The predicted octanol–water partition coefficient (Wildman–Crippen LogP) is 0.962. The Morgan fingerprint density at radius 3 is 2.27 bits per heavy atom. The summed E-state index contributed by atoms with van der Waals surface area (Å²) < 4.78 is 5.31. The van der Waals surface area contributed by atoms with Crippen molar-refractivity contribution < 1.29 is 14.6 Å². The number of carbonyl (C=O) groups is 1. The number of carboxylic acid groups (broad SMARTS) is 1. The lowest BCUT2D eigenvalue weighted by molar-refractivity contribution is -0.143. The lowest BCUT2D eigenvalue weighted by Gasteiger charge is -2.37. The highest BCUT2D eigenvalue weighted by molar-refractivity contribution is 5.70. The fraction of sp³-hybridized carbons (Fsp3) is 0.909. The molecule has 0 aromatic heterocycles. The highest BCUT2D eigenvalue weighted by Crippen LogP contribution is 2.28. The van der Waals surface area contributed by atoms with Crippen LogP contribution in [-0.2, 0) is 9.53 Å². The molecule has 0 aromatic carbocycles. The number of carboxylic acids is 1. The second-order valence-corrected chi connectivity index (χ2v) is 4.49. The zero-order chi connectivity index (χ0) is 10.7. The molecule has 86 valence electrons. The summed E-state index contributed by atoms with van der Waals surface area (Å²) in [5.74, 6) is -0.710. The van der Waals surface area contributed by atoms with Crippen LogP contribution in [0, 0.1) is 5.92 Å². The third-order valence-corrected chi connectivity index (χ3v) is 3.61. The average Bonchev–Trinajstić information content (AvgIpc) is 2.30. The van der Waals surface area contributed by atoms with Crippen molar-refractivity contribution in [2.45, 2.75) is 31.7 Å². The molecule has 0 radical (unpaired) electrons. The van der Waals surface area contributed by atoms with Gasteiger partial charge in [-0.2, -0.15) is 0 Å². The van der Waals surface area contributed by atoms with Crippen molar-refractivity contribution in [2.75, 3.05) is 26.3 Å². The maximum absolute atomic E-state index is 10.8. The normalized spacial score (nSPS) is 33.9. The smallest absolute Gasteiger partial charge is 0.306 e. The summed E-state index contributed by atoms with van der Waals surface area (Å²) in [6, 6.07) is 0.601. The number of ether oxygens (including phenoxy) is 1. The summed E-state index contributed by atoms with van der Waals surface area (Å²) in [6.07, 6.45) is 3.77. The highest BCUT2D eigenvalue weighted by Gasteiger charge is 2.29. The van der Waals surface area contributed by atoms with Gasteiger partial charge in [0, 0.05) is 19.1 Å². The summed E-state index contributed by atoms with van der Waals surface area (Å²) >= 11 is 0. The minimum Gasteiger partial charge on any atom is -0.481 e. The molecule has 0 amide bonds. The van der Waals surface area contributed by atoms with E-state index in [-0.39, 0.29) is 5.92 Å². The van der Waals surface area contributed by atoms with Gasteiger partial charge in [0.25, 0.3) is 0 Å². The summed E-state index contributed by atoms with van der Waals surface area (Å²) in [6.45, 7) is 3.70. The van der Waals surface area contributed by atoms with Crippen molar-refractivity contribution >= 4 is 5.97 Å². The van der Waals surface area contributed by atoms with Crippen LogP contribution < -0.4 is 0 Å². The summed E-state index contributed by atoms with van der Waals surface area (Å²) in [7, 11) is 0. The number of aliphatic carboxylic acids is 1. The first-order valence-corrected chi connectivity index (χ1v) is 5.82. The van der Waals surface area contributed by atoms with Crippen molar-refractivity contribution in [3.05, 3.63) is 0 Å². The van der Waals surface area contributed by atoms with Crippen LogP contribution in [-0.4, -0.2) is 48.3 Å². The Hall–Kier alpha value is -0.610. The van der Waals surface area contributed by atoms with Gasteiger partial charge in [0.05, 0.1) is 19.1 Å². The van der Waals surface area contributed by atoms with Crippen LogP contribution in [0.1, 0.15) is 25.7 Å². The summed E-state index contributed by atoms with van der Waals surface area (Å²) in [4.78, 5) is 13.3. The molecule has 15 heavy (non-hydrogen) atoms. The van der Waals surface area contributed by atoms with E-state index in [1.807, 2.05) is 0 Å². The van der Waals surface area contributed by atoms with Crippen molar-refractivity contribution in [3.8, 4) is 0 Å². The molecule has 0 unspecified atom stereocenters. The Labute approximate surface area is 90.2 Å². The molecule has 1 aliphatic carbocycles. The van der Waals surface area contributed by atoms with Crippen LogP contribution in [0.2, 0.25) is 0 Å². The molecule has 0 atom stereocenters. The topological polar surface area (TPSA) is 49.8 Å². The molecule has 4 heteroatoms.